The first-order valence-electron chi connectivity index (χ1n) is 7.97. The van der Waals surface area contributed by atoms with Crippen molar-refractivity contribution in [1.82, 2.24) is 15.3 Å². The van der Waals surface area contributed by atoms with E-state index in [1.54, 1.807) is 40.6 Å². The number of hydrazine groups is 1. The predicted molar refractivity (Wildman–Crippen MR) is 105 cm³/mol. The van der Waals surface area contributed by atoms with Gasteiger partial charge < -0.3 is 15.2 Å². The number of aromatic nitrogens is 1. The van der Waals surface area contributed by atoms with Gasteiger partial charge in [-0.15, -0.1) is 11.8 Å². The third-order valence-electron chi connectivity index (χ3n) is 3.88. The molecule has 134 valence electrons. The van der Waals surface area contributed by atoms with Crippen molar-refractivity contribution in [2.45, 2.75) is 5.37 Å². The Morgan fingerprint density at radius 2 is 2.19 bits per heavy atom. The van der Waals surface area contributed by atoms with Gasteiger partial charge in [-0.3, -0.25) is 15.6 Å². The van der Waals surface area contributed by atoms with Crippen molar-refractivity contribution in [3.8, 4) is 0 Å². The summed E-state index contributed by atoms with van der Waals surface area (Å²) in [5.41, 5.74) is 5.46. The number of nitrogens with two attached hydrogens (primary N) is 1. The highest BCUT2D eigenvalue weighted by atomic mass is 32.2. The van der Waals surface area contributed by atoms with Crippen LogP contribution in [0.3, 0.4) is 0 Å². The fourth-order valence-electron chi connectivity index (χ4n) is 2.51. The summed E-state index contributed by atoms with van der Waals surface area (Å²) in [5.74, 6) is 4.84. The van der Waals surface area contributed by atoms with Crippen molar-refractivity contribution >= 4 is 29.1 Å². The third-order valence-corrected chi connectivity index (χ3v) is 4.86. The fourth-order valence-corrected chi connectivity index (χ4v) is 3.39. The lowest BCUT2D eigenvalue weighted by Gasteiger charge is -2.17. The van der Waals surface area contributed by atoms with Gasteiger partial charge in [0.05, 0.1) is 16.8 Å². The van der Waals surface area contributed by atoms with E-state index in [4.69, 9.17) is 11.3 Å². The topological polar surface area (TPSA) is 108 Å². The second-order valence-electron chi connectivity index (χ2n) is 5.64. The molecule has 0 spiro atoms. The maximum atomic E-state index is 11.6. The van der Waals surface area contributed by atoms with Crippen molar-refractivity contribution < 1.29 is 4.79 Å². The van der Waals surface area contributed by atoms with Crippen molar-refractivity contribution in [1.29, 1.82) is 5.41 Å². The lowest BCUT2D eigenvalue weighted by atomic mass is 10.2. The molecule has 1 amide bonds. The Kier molecular flexibility index (Phi) is 5.45. The van der Waals surface area contributed by atoms with E-state index >= 15 is 0 Å². The standard InChI is InChI=1S/C18H20N6OS/c1-12(24-8-3-2-7-16(24)19)15-11-26-17(22-15)10-21-14-6-4-5-13(9-14)18(25)23-20/h2-9,11,17,19,21-22H,1,10,20H2,(H,23,25)/t17-/m1/s1. The summed E-state index contributed by atoms with van der Waals surface area (Å²) in [6.45, 7) is 4.73. The van der Waals surface area contributed by atoms with Crippen LogP contribution < -0.4 is 27.4 Å². The Morgan fingerprint density at radius 1 is 1.35 bits per heavy atom. The maximum absolute atomic E-state index is 11.6. The van der Waals surface area contributed by atoms with E-state index in [9.17, 15) is 4.79 Å². The quantitative estimate of drug-likeness (QED) is 0.303. The lowest BCUT2D eigenvalue weighted by Crippen LogP contribution is -2.31. The average molecular weight is 368 g/mol. The summed E-state index contributed by atoms with van der Waals surface area (Å²) in [7, 11) is 0. The third kappa shape index (κ3) is 3.98. The van der Waals surface area contributed by atoms with E-state index in [0.29, 0.717) is 17.6 Å². The Bertz CT molecular complexity index is 920. The largest absolute Gasteiger partial charge is 0.382 e. The van der Waals surface area contributed by atoms with Gasteiger partial charge in [0, 0.05) is 24.0 Å². The molecule has 0 saturated heterocycles. The molecule has 0 unspecified atom stereocenters. The molecule has 0 fully saturated rings. The second-order valence-corrected chi connectivity index (χ2v) is 6.72. The van der Waals surface area contributed by atoms with Gasteiger partial charge in [-0.05, 0) is 35.7 Å². The SMILES string of the molecule is C=C(C1=CS[C@H](CNc2cccc(C(=O)NN)c2)N1)n1ccccc1=N. The lowest BCUT2D eigenvalue weighted by molar-refractivity contribution is 0.0953. The van der Waals surface area contributed by atoms with E-state index in [-0.39, 0.29) is 11.3 Å². The molecule has 1 atom stereocenters. The highest BCUT2D eigenvalue weighted by Gasteiger charge is 2.19. The molecule has 1 aromatic heterocycles. The van der Waals surface area contributed by atoms with Gasteiger partial charge in [-0.1, -0.05) is 18.7 Å². The number of thioether (sulfide) groups is 1. The number of allylic oxidation sites excluding steroid dienone is 1. The first-order valence-corrected chi connectivity index (χ1v) is 8.92. The number of hydrogen-bond acceptors (Lipinski definition) is 6. The molecule has 3 rings (SSSR count). The molecule has 1 aromatic carbocycles. The molecule has 0 radical (unpaired) electrons. The predicted octanol–water partition coefficient (Wildman–Crippen LogP) is 1.66. The van der Waals surface area contributed by atoms with Crippen LogP contribution in [0.2, 0.25) is 0 Å². The van der Waals surface area contributed by atoms with E-state index in [0.717, 1.165) is 17.1 Å². The molecule has 0 aliphatic carbocycles. The van der Waals surface area contributed by atoms with E-state index in [1.165, 1.54) is 0 Å². The summed E-state index contributed by atoms with van der Waals surface area (Å²) in [5, 5.41) is 16.8. The van der Waals surface area contributed by atoms with Crippen LogP contribution in [0.4, 0.5) is 5.69 Å². The molecule has 7 nitrogen and oxygen atoms in total. The zero-order valence-electron chi connectivity index (χ0n) is 14.0. The molecule has 26 heavy (non-hydrogen) atoms. The van der Waals surface area contributed by atoms with Crippen LogP contribution in [0.1, 0.15) is 10.4 Å². The van der Waals surface area contributed by atoms with Gasteiger partial charge in [-0.25, -0.2) is 5.84 Å². The van der Waals surface area contributed by atoms with Crippen LogP contribution in [0, 0.1) is 5.41 Å². The molecular weight excluding hydrogens is 348 g/mol. The molecular formula is C18H20N6OS. The number of pyridine rings is 1. The molecule has 2 aromatic rings. The van der Waals surface area contributed by atoms with Gasteiger partial charge >= 0.3 is 0 Å². The maximum Gasteiger partial charge on any atom is 0.265 e. The normalized spacial score (nSPS) is 15.7. The summed E-state index contributed by atoms with van der Waals surface area (Å²) in [4.78, 5) is 11.6. The van der Waals surface area contributed by atoms with Crippen LogP contribution in [0.25, 0.3) is 5.70 Å². The number of nitrogens with one attached hydrogen (secondary N) is 4. The minimum Gasteiger partial charge on any atom is -0.382 e. The van der Waals surface area contributed by atoms with Gasteiger partial charge in [0.25, 0.3) is 5.91 Å². The second kappa shape index (κ2) is 7.94. The van der Waals surface area contributed by atoms with Crippen LogP contribution >= 0.6 is 11.8 Å². The molecule has 0 saturated carbocycles. The Hall–Kier alpha value is -2.97. The number of benzene rings is 1. The molecule has 6 N–H and O–H groups in total. The highest BCUT2D eigenvalue weighted by Crippen LogP contribution is 2.26. The number of anilines is 1. The van der Waals surface area contributed by atoms with Crippen molar-refractivity contribution in [3.63, 3.8) is 0 Å². The molecule has 0 bridgehead atoms. The van der Waals surface area contributed by atoms with Crippen molar-refractivity contribution in [3.05, 3.63) is 77.4 Å². The number of carbonyl (C=O) groups excluding carboxylic acids is 1. The van der Waals surface area contributed by atoms with Crippen LogP contribution in [0.15, 0.2) is 66.3 Å². The van der Waals surface area contributed by atoms with Crippen LogP contribution in [-0.4, -0.2) is 22.4 Å². The van der Waals surface area contributed by atoms with E-state index < -0.39 is 0 Å². The van der Waals surface area contributed by atoms with Gasteiger partial charge in [0.1, 0.15) is 5.49 Å². The Balaban J connectivity index is 1.58. The Labute approximate surface area is 155 Å². The number of nitrogen functional groups attached to an aromatic ring is 1. The fraction of sp³-hybridized carbons (Fsp3) is 0.111. The summed E-state index contributed by atoms with van der Waals surface area (Å²) < 4.78 is 1.73. The highest BCUT2D eigenvalue weighted by molar-refractivity contribution is 8.03. The number of amides is 1. The minimum absolute atomic E-state index is 0.118. The first kappa shape index (κ1) is 17.8. The molecule has 1 aliphatic rings. The van der Waals surface area contributed by atoms with Crippen LogP contribution in [0.5, 0.6) is 0 Å². The zero-order valence-corrected chi connectivity index (χ0v) is 14.8. The number of rotatable bonds is 6. The zero-order chi connectivity index (χ0) is 18.5. The van der Waals surface area contributed by atoms with E-state index in [2.05, 4.69) is 22.6 Å². The van der Waals surface area contributed by atoms with Gasteiger partial charge in [0.2, 0.25) is 0 Å². The Morgan fingerprint density at radius 3 is 2.96 bits per heavy atom. The average Bonchev–Trinajstić information content (AvgIpc) is 3.15. The summed E-state index contributed by atoms with van der Waals surface area (Å²) in [6, 6.07) is 12.6. The molecule has 1 aliphatic heterocycles. The molecule has 8 heteroatoms. The monoisotopic (exact) mass is 368 g/mol. The minimum atomic E-state index is -0.326. The summed E-state index contributed by atoms with van der Waals surface area (Å²) >= 11 is 1.64. The number of nitrogens with zero attached hydrogens (tertiary/aromatic N) is 1. The van der Waals surface area contributed by atoms with Gasteiger partial charge in [0.15, 0.2) is 0 Å². The van der Waals surface area contributed by atoms with Crippen molar-refractivity contribution in [2.75, 3.05) is 11.9 Å². The smallest absolute Gasteiger partial charge is 0.265 e. The molecule has 2 heterocycles. The van der Waals surface area contributed by atoms with Gasteiger partial charge in [-0.2, -0.15) is 0 Å². The van der Waals surface area contributed by atoms with E-state index in [1.807, 2.05) is 29.8 Å². The summed E-state index contributed by atoms with van der Waals surface area (Å²) in [6.07, 6.45) is 1.82. The van der Waals surface area contributed by atoms with Crippen LogP contribution in [-0.2, 0) is 0 Å². The first-order chi connectivity index (χ1) is 12.6. The number of carbonyl (C=O) groups is 1. The number of hydrogen-bond donors (Lipinski definition) is 5. The van der Waals surface area contributed by atoms with Crippen molar-refractivity contribution in [2.24, 2.45) is 5.84 Å².